The maximum atomic E-state index is 13.1. The van der Waals surface area contributed by atoms with Gasteiger partial charge in [0, 0.05) is 28.3 Å². The van der Waals surface area contributed by atoms with E-state index in [4.69, 9.17) is 27.9 Å². The van der Waals surface area contributed by atoms with E-state index in [-0.39, 0.29) is 16.8 Å². The van der Waals surface area contributed by atoms with Crippen molar-refractivity contribution in [3.05, 3.63) is 63.1 Å². The van der Waals surface area contributed by atoms with Gasteiger partial charge in [-0.1, -0.05) is 49.2 Å². The molecule has 1 radical (unpaired) electrons. The van der Waals surface area contributed by atoms with Crippen molar-refractivity contribution in [1.29, 1.82) is 0 Å². The quantitative estimate of drug-likeness (QED) is 0.440. The van der Waals surface area contributed by atoms with Crippen LogP contribution >= 0.6 is 23.2 Å². The third kappa shape index (κ3) is 4.87. The smallest absolute Gasteiger partial charge is 0.251 e. The molecule has 2 heterocycles. The first-order valence-corrected chi connectivity index (χ1v) is 10.6. The molecule has 1 aromatic carbocycles. The van der Waals surface area contributed by atoms with E-state index in [1.54, 1.807) is 47.0 Å². The molecule has 30 heavy (non-hydrogen) atoms. The Morgan fingerprint density at radius 1 is 1.17 bits per heavy atom. The number of ether oxygens (including phenoxy) is 1. The average molecular weight is 448 g/mol. The molecule has 0 spiro atoms. The molecule has 0 fully saturated rings. The summed E-state index contributed by atoms with van der Waals surface area (Å²) in [6, 6.07) is 7.03. The van der Waals surface area contributed by atoms with Crippen LogP contribution in [0.25, 0.3) is 16.8 Å². The van der Waals surface area contributed by atoms with Crippen LogP contribution in [0, 0.1) is 5.92 Å². The molecule has 159 valence electrons. The topological polar surface area (TPSA) is 61.9 Å². The zero-order valence-corrected chi connectivity index (χ0v) is 19.0. The SMILES string of the molecule is CCC(CC[C](C)C)n1cc(OC)c(-c2cc(Cl)ccc2-n2cc(Cl)nn2)cc1=O. The summed E-state index contributed by atoms with van der Waals surface area (Å²) in [5.74, 6) is 1.93. The summed E-state index contributed by atoms with van der Waals surface area (Å²) in [5, 5.41) is 8.69. The summed E-state index contributed by atoms with van der Waals surface area (Å²) >= 11 is 12.2. The number of aromatic nitrogens is 4. The van der Waals surface area contributed by atoms with Crippen LogP contribution in [0.2, 0.25) is 10.2 Å². The molecule has 0 aliphatic carbocycles. The van der Waals surface area contributed by atoms with E-state index in [1.807, 2.05) is 6.07 Å². The van der Waals surface area contributed by atoms with Crippen LogP contribution in [0.4, 0.5) is 0 Å². The van der Waals surface area contributed by atoms with Gasteiger partial charge >= 0.3 is 0 Å². The zero-order valence-electron chi connectivity index (χ0n) is 17.5. The van der Waals surface area contributed by atoms with Crippen LogP contribution in [0.15, 0.2) is 41.5 Å². The lowest BCUT2D eigenvalue weighted by molar-refractivity contribution is 0.390. The van der Waals surface area contributed by atoms with Gasteiger partial charge in [0.1, 0.15) is 5.75 Å². The maximum absolute atomic E-state index is 13.1. The molecule has 0 saturated carbocycles. The number of hydrogen-bond donors (Lipinski definition) is 0. The number of halogens is 2. The van der Waals surface area contributed by atoms with E-state index in [2.05, 4.69) is 31.1 Å². The van der Waals surface area contributed by atoms with Crippen LogP contribution in [0.1, 0.15) is 46.1 Å². The van der Waals surface area contributed by atoms with Gasteiger partial charge in [0.05, 0.1) is 25.2 Å². The Kier molecular flexibility index (Phi) is 7.21. The first kappa shape index (κ1) is 22.4. The Morgan fingerprint density at radius 3 is 2.53 bits per heavy atom. The van der Waals surface area contributed by atoms with Gasteiger partial charge in [0.25, 0.3) is 5.56 Å². The van der Waals surface area contributed by atoms with E-state index in [0.29, 0.717) is 27.6 Å². The summed E-state index contributed by atoms with van der Waals surface area (Å²) in [6.45, 7) is 6.30. The highest BCUT2D eigenvalue weighted by atomic mass is 35.5. The van der Waals surface area contributed by atoms with Gasteiger partial charge in [0.2, 0.25) is 0 Å². The highest BCUT2D eigenvalue weighted by molar-refractivity contribution is 6.31. The lowest BCUT2D eigenvalue weighted by Crippen LogP contribution is -2.24. The fourth-order valence-electron chi connectivity index (χ4n) is 3.47. The molecule has 2 aromatic heterocycles. The molecule has 1 atom stereocenters. The van der Waals surface area contributed by atoms with Gasteiger partial charge < -0.3 is 9.30 Å². The normalized spacial score (nSPS) is 12.4. The fourth-order valence-corrected chi connectivity index (χ4v) is 3.77. The molecule has 0 aliphatic heterocycles. The van der Waals surface area contributed by atoms with E-state index in [9.17, 15) is 4.79 Å². The molecule has 0 N–H and O–H groups in total. The number of rotatable bonds is 8. The summed E-state index contributed by atoms with van der Waals surface area (Å²) < 4.78 is 8.99. The highest BCUT2D eigenvalue weighted by Gasteiger charge is 2.19. The second-order valence-corrected chi connectivity index (χ2v) is 8.28. The molecule has 0 aliphatic rings. The number of hydrogen-bond acceptors (Lipinski definition) is 4. The number of benzene rings is 1. The molecule has 1 unspecified atom stereocenters. The van der Waals surface area contributed by atoms with Gasteiger partial charge in [-0.25, -0.2) is 4.68 Å². The predicted molar refractivity (Wildman–Crippen MR) is 121 cm³/mol. The monoisotopic (exact) mass is 447 g/mol. The van der Waals surface area contributed by atoms with Crippen molar-refractivity contribution in [3.8, 4) is 22.6 Å². The largest absolute Gasteiger partial charge is 0.495 e. The van der Waals surface area contributed by atoms with E-state index in [0.717, 1.165) is 19.3 Å². The Morgan fingerprint density at radius 2 is 1.93 bits per heavy atom. The molecular weight excluding hydrogens is 423 g/mol. The lowest BCUT2D eigenvalue weighted by atomic mass is 10.0. The number of nitrogens with zero attached hydrogens (tertiary/aromatic N) is 4. The number of pyridine rings is 1. The predicted octanol–water partition coefficient (Wildman–Crippen LogP) is 5.76. The summed E-state index contributed by atoms with van der Waals surface area (Å²) in [7, 11) is 1.59. The minimum atomic E-state index is -0.0889. The summed E-state index contributed by atoms with van der Waals surface area (Å²) in [4.78, 5) is 13.1. The molecular formula is C22H25Cl2N4O2. The van der Waals surface area contributed by atoms with Crippen LogP contribution in [-0.4, -0.2) is 26.7 Å². The van der Waals surface area contributed by atoms with Gasteiger partial charge in [-0.05, 0) is 43.4 Å². The van der Waals surface area contributed by atoms with E-state index in [1.165, 1.54) is 5.92 Å². The van der Waals surface area contributed by atoms with Crippen molar-refractivity contribution in [2.24, 2.45) is 0 Å². The zero-order chi connectivity index (χ0) is 21.8. The molecule has 0 saturated heterocycles. The van der Waals surface area contributed by atoms with Crippen molar-refractivity contribution in [1.82, 2.24) is 19.6 Å². The molecule has 3 rings (SSSR count). The average Bonchev–Trinajstić information content (AvgIpc) is 3.14. The van der Waals surface area contributed by atoms with Crippen LogP contribution in [0.5, 0.6) is 5.75 Å². The van der Waals surface area contributed by atoms with E-state index < -0.39 is 0 Å². The van der Waals surface area contributed by atoms with Crippen molar-refractivity contribution in [3.63, 3.8) is 0 Å². The molecule has 8 heteroatoms. The van der Waals surface area contributed by atoms with Gasteiger partial charge in [0.15, 0.2) is 5.15 Å². The van der Waals surface area contributed by atoms with Crippen LogP contribution in [0.3, 0.4) is 0 Å². The first-order chi connectivity index (χ1) is 14.3. The molecule has 6 nitrogen and oxygen atoms in total. The third-order valence-electron chi connectivity index (χ3n) is 5.07. The van der Waals surface area contributed by atoms with Crippen LogP contribution < -0.4 is 10.3 Å². The van der Waals surface area contributed by atoms with Crippen molar-refractivity contribution < 1.29 is 4.74 Å². The summed E-state index contributed by atoms with van der Waals surface area (Å²) in [5.41, 5.74) is 1.94. The number of methoxy groups -OCH3 is 1. The van der Waals surface area contributed by atoms with Crippen LogP contribution in [-0.2, 0) is 0 Å². The van der Waals surface area contributed by atoms with E-state index >= 15 is 0 Å². The highest BCUT2D eigenvalue weighted by Crippen LogP contribution is 2.35. The van der Waals surface area contributed by atoms with Crippen molar-refractivity contribution >= 4 is 23.2 Å². The standard InChI is InChI=1S/C22H25Cl2N4O2/c1-5-16(8-6-14(2)3)27-12-20(30-4)18(11-22(27)29)17-10-15(23)7-9-19(17)28-13-21(24)25-26-28/h7,9-13,16H,5-6,8H2,1-4H3. The minimum absolute atomic E-state index is 0.0889. The van der Waals surface area contributed by atoms with Crippen molar-refractivity contribution in [2.75, 3.05) is 7.11 Å². The third-order valence-corrected chi connectivity index (χ3v) is 5.48. The second-order valence-electron chi connectivity index (χ2n) is 7.46. The molecule has 3 aromatic rings. The summed E-state index contributed by atoms with van der Waals surface area (Å²) in [6.07, 6.45) is 6.12. The van der Waals surface area contributed by atoms with Gasteiger partial charge in [-0.2, -0.15) is 0 Å². The fraction of sp³-hybridized carbons (Fsp3) is 0.364. The lowest BCUT2D eigenvalue weighted by Gasteiger charge is -2.21. The van der Waals surface area contributed by atoms with Gasteiger partial charge in [-0.3, -0.25) is 4.79 Å². The minimum Gasteiger partial charge on any atom is -0.495 e. The Labute approximate surface area is 186 Å². The Bertz CT molecular complexity index is 1080. The van der Waals surface area contributed by atoms with Crippen molar-refractivity contribution in [2.45, 2.75) is 46.1 Å². The Hall–Kier alpha value is -2.31. The Balaban J connectivity index is 2.13. The molecule has 0 bridgehead atoms. The second kappa shape index (κ2) is 9.67. The van der Waals surface area contributed by atoms with Gasteiger partial charge in [-0.15, -0.1) is 5.10 Å². The molecule has 0 amide bonds. The maximum Gasteiger partial charge on any atom is 0.251 e. The first-order valence-electron chi connectivity index (χ1n) is 9.81.